The van der Waals surface area contributed by atoms with Crippen molar-refractivity contribution in [3.05, 3.63) is 47.5 Å². The van der Waals surface area contributed by atoms with Crippen molar-refractivity contribution < 1.29 is 39.9 Å². The summed E-state index contributed by atoms with van der Waals surface area (Å²) in [5, 5.41) is 51.0. The smallest absolute Gasteiger partial charge is 0.388 e. The van der Waals surface area contributed by atoms with Crippen LogP contribution in [0.4, 0.5) is 0 Å². The largest absolute Gasteiger partial charge is 0.508 e. The Morgan fingerprint density at radius 1 is 1.08 bits per heavy atom. The molecule has 0 aromatic heterocycles. The lowest BCUT2D eigenvalue weighted by Crippen LogP contribution is -2.33. The summed E-state index contributed by atoms with van der Waals surface area (Å²) in [6, 6.07) is 7.54. The summed E-state index contributed by atoms with van der Waals surface area (Å²) in [4.78, 5) is 18.0. The highest BCUT2D eigenvalue weighted by molar-refractivity contribution is 8.54. The van der Waals surface area contributed by atoms with Gasteiger partial charge >= 0.3 is 6.80 Å². The van der Waals surface area contributed by atoms with Gasteiger partial charge in [0, 0.05) is 16.9 Å². The molecule has 0 saturated heterocycles. The third-order valence-corrected chi connectivity index (χ3v) is 5.88. The monoisotopic (exact) mass is 402 g/mol. The van der Waals surface area contributed by atoms with Crippen molar-refractivity contribution in [2.75, 3.05) is 0 Å². The van der Waals surface area contributed by atoms with Crippen LogP contribution in [0.2, 0.25) is 0 Å². The van der Waals surface area contributed by atoms with Gasteiger partial charge in [-0.05, 0) is 41.6 Å². The van der Waals surface area contributed by atoms with Crippen molar-refractivity contribution in [3.8, 4) is 17.2 Å². The lowest BCUT2D eigenvalue weighted by atomic mass is 9.83. The van der Waals surface area contributed by atoms with Crippen molar-refractivity contribution >= 4 is 18.2 Å². The minimum Gasteiger partial charge on any atom is -0.508 e. The zero-order valence-corrected chi connectivity index (χ0v) is 15.4. The number of hydrogen-bond acceptors (Lipinski definition) is 7. The Labute approximate surface area is 153 Å². The number of phenols is 3. The van der Waals surface area contributed by atoms with Crippen LogP contribution in [0.1, 0.15) is 30.4 Å². The summed E-state index contributed by atoms with van der Waals surface area (Å²) < 4.78 is 11.4. The third-order valence-electron chi connectivity index (χ3n) is 3.82. The van der Waals surface area contributed by atoms with E-state index in [0.29, 0.717) is 5.56 Å². The van der Waals surface area contributed by atoms with E-state index in [1.54, 1.807) is 13.0 Å². The van der Waals surface area contributed by atoms with Crippen molar-refractivity contribution in [1.29, 1.82) is 0 Å². The quantitative estimate of drug-likeness (QED) is 0.284. The Morgan fingerprint density at radius 3 is 2.27 bits per heavy atom. The van der Waals surface area contributed by atoms with Gasteiger partial charge in [0.1, 0.15) is 17.2 Å². The molecule has 1 atom stereocenters. The van der Waals surface area contributed by atoms with Crippen molar-refractivity contribution in [2.24, 2.45) is 0 Å². The molecule has 0 heterocycles. The molecule has 1 unspecified atom stereocenters. The van der Waals surface area contributed by atoms with Gasteiger partial charge in [0.25, 0.3) is 0 Å². The van der Waals surface area contributed by atoms with Gasteiger partial charge in [-0.25, -0.2) is 4.57 Å². The molecule has 0 aliphatic rings. The van der Waals surface area contributed by atoms with Crippen LogP contribution in [-0.4, -0.2) is 35.3 Å². The van der Waals surface area contributed by atoms with Crippen molar-refractivity contribution in [3.63, 3.8) is 0 Å². The Kier molecular flexibility index (Phi) is 5.92. The van der Waals surface area contributed by atoms with Crippen LogP contribution >= 0.6 is 18.2 Å². The summed E-state index contributed by atoms with van der Waals surface area (Å²) in [5.41, 5.74) is -0.198. The van der Waals surface area contributed by atoms with Gasteiger partial charge in [-0.1, -0.05) is 19.1 Å². The first-order valence-electron chi connectivity index (χ1n) is 7.51. The van der Waals surface area contributed by atoms with Gasteiger partial charge in [0.2, 0.25) is 5.79 Å². The topological polar surface area (TPSA) is 159 Å². The number of benzene rings is 2. The number of aliphatic hydroxyl groups is 2. The van der Waals surface area contributed by atoms with Crippen LogP contribution in [0, 0.1) is 0 Å². The average Bonchev–Trinajstić information content (AvgIpc) is 2.44. The fourth-order valence-electron chi connectivity index (χ4n) is 2.83. The van der Waals surface area contributed by atoms with Crippen molar-refractivity contribution in [1.82, 2.24) is 0 Å². The zero-order chi connectivity index (χ0) is 19.7. The van der Waals surface area contributed by atoms with E-state index in [1.165, 1.54) is 18.2 Å². The highest BCUT2D eigenvalue weighted by Crippen LogP contribution is 2.58. The van der Waals surface area contributed by atoms with Gasteiger partial charge < -0.3 is 35.3 Å². The molecule has 0 spiro atoms. The predicted octanol–water partition coefficient (Wildman–Crippen LogP) is 2.32. The van der Waals surface area contributed by atoms with Gasteiger partial charge in [0.05, 0.1) is 5.56 Å². The summed E-state index contributed by atoms with van der Waals surface area (Å²) in [7, 11) is 0. The molecule has 26 heavy (non-hydrogen) atoms. The number of aromatic hydroxyl groups is 3. The Bertz CT molecular complexity index is 848. The molecule has 0 fully saturated rings. The van der Waals surface area contributed by atoms with Gasteiger partial charge in [0.15, 0.2) is 0 Å². The number of rotatable bonds is 6. The maximum Gasteiger partial charge on any atom is 0.388 e. The molecule has 0 aliphatic carbocycles. The van der Waals surface area contributed by atoms with Crippen LogP contribution in [0.15, 0.2) is 41.3 Å². The molecule has 0 amide bonds. The van der Waals surface area contributed by atoms with Crippen LogP contribution in [0.25, 0.3) is 0 Å². The number of phenolic OH excluding ortho intramolecular Hbond substituents is 3. The Hall–Kier alpha value is -1.74. The lowest BCUT2D eigenvalue weighted by molar-refractivity contribution is -0.191. The molecule has 2 aromatic rings. The number of hydrogen-bond donors (Lipinski definition) is 7. The Morgan fingerprint density at radius 2 is 1.73 bits per heavy atom. The summed E-state index contributed by atoms with van der Waals surface area (Å²) >= 11 is -0.0139. The van der Waals surface area contributed by atoms with E-state index >= 15 is 0 Å². The van der Waals surface area contributed by atoms with Gasteiger partial charge in [-0.2, -0.15) is 0 Å². The fourth-order valence-corrected chi connectivity index (χ4v) is 4.80. The lowest BCUT2D eigenvalue weighted by Gasteiger charge is -2.33. The summed E-state index contributed by atoms with van der Waals surface area (Å²) in [6.45, 7) is -3.07. The van der Waals surface area contributed by atoms with E-state index in [1.807, 2.05) is 0 Å². The molecule has 8 nitrogen and oxygen atoms in total. The van der Waals surface area contributed by atoms with E-state index in [-0.39, 0.29) is 28.4 Å². The van der Waals surface area contributed by atoms with E-state index in [2.05, 4.69) is 0 Å². The normalized spacial score (nSPS) is 13.6. The fraction of sp³-hybridized carbons (Fsp3) is 0.250. The van der Waals surface area contributed by atoms with Crippen LogP contribution in [-0.2, 0) is 10.4 Å². The molecule has 0 aliphatic heterocycles. The molecule has 0 bridgehead atoms. The maximum atomic E-state index is 11.4. The first kappa shape index (κ1) is 20.6. The second kappa shape index (κ2) is 7.48. The first-order valence-corrected chi connectivity index (χ1v) is 10.5. The van der Waals surface area contributed by atoms with Crippen LogP contribution < -0.4 is 0 Å². The molecule has 142 valence electrons. The van der Waals surface area contributed by atoms with E-state index in [4.69, 9.17) is 0 Å². The van der Waals surface area contributed by atoms with Crippen LogP contribution in [0.3, 0.4) is 0 Å². The van der Waals surface area contributed by atoms with Gasteiger partial charge in [-0.15, -0.1) is 0 Å². The van der Waals surface area contributed by atoms with E-state index in [0.717, 1.165) is 12.1 Å². The van der Waals surface area contributed by atoms with E-state index in [9.17, 15) is 39.9 Å². The zero-order valence-electron chi connectivity index (χ0n) is 13.6. The molecule has 0 saturated carbocycles. The van der Waals surface area contributed by atoms with E-state index < -0.39 is 35.6 Å². The molecule has 2 aromatic carbocycles. The summed E-state index contributed by atoms with van der Waals surface area (Å²) in [5.74, 6) is -5.11. The minimum atomic E-state index is -4.71. The molecular formula is C16H19O8PS. The first-order chi connectivity index (χ1) is 12.0. The molecular weight excluding hydrogens is 383 g/mol. The summed E-state index contributed by atoms with van der Waals surface area (Å²) in [6.07, 6.45) is 0.163. The van der Waals surface area contributed by atoms with Crippen molar-refractivity contribution in [2.45, 2.75) is 29.9 Å². The third kappa shape index (κ3) is 4.50. The van der Waals surface area contributed by atoms with Crippen LogP contribution in [0.5, 0.6) is 17.2 Å². The predicted molar refractivity (Wildman–Crippen MR) is 94.9 cm³/mol. The SMILES string of the molecule is CCC(c1cccc(O)c1)C(O)(O)c1c(O)cc(O)cc1SP(=O)(O)O. The highest BCUT2D eigenvalue weighted by Gasteiger charge is 2.42. The molecule has 10 heteroatoms. The maximum absolute atomic E-state index is 11.4. The minimum absolute atomic E-state index is 0.0139. The second-order valence-corrected chi connectivity index (χ2v) is 9.28. The standard InChI is InChI=1S/C16H19O8PS/c1-2-12(9-4-3-5-10(17)6-9)16(20,21)15-13(19)7-11(18)8-14(15)26-25(22,23)24/h3-8,12,17-21H,2H2,1H3,(H2,22,23,24). The highest BCUT2D eigenvalue weighted by atomic mass is 32.7. The average molecular weight is 402 g/mol. The second-order valence-electron chi connectivity index (χ2n) is 5.70. The molecule has 7 N–H and O–H groups in total. The molecule has 2 rings (SSSR count). The molecule has 0 radical (unpaired) electrons. The van der Waals surface area contributed by atoms with Gasteiger partial charge in [-0.3, -0.25) is 0 Å². The Balaban J connectivity index is 2.65.